The number of halogens is 2. The highest BCUT2D eigenvalue weighted by molar-refractivity contribution is 5.21. The predicted octanol–water partition coefficient (Wildman–Crippen LogP) is 1.56. The second-order valence-corrected chi connectivity index (χ2v) is 4.45. The molecule has 0 amide bonds. The lowest BCUT2D eigenvalue weighted by molar-refractivity contribution is 0.0890. The number of nitrogens with two attached hydrogens (primary N) is 1. The fourth-order valence-corrected chi connectivity index (χ4v) is 2.06. The molecule has 2 N–H and O–H groups in total. The van der Waals surface area contributed by atoms with Gasteiger partial charge in [0.2, 0.25) is 0 Å². The van der Waals surface area contributed by atoms with Crippen LogP contribution < -0.4 is 5.73 Å². The van der Waals surface area contributed by atoms with E-state index in [9.17, 15) is 8.78 Å². The van der Waals surface area contributed by atoms with E-state index in [1.165, 1.54) is 6.07 Å². The van der Waals surface area contributed by atoms with Crippen molar-refractivity contribution < 1.29 is 18.3 Å². The SMILES string of the molecule is COCCN(CCOC)C(CN)c1ccc(F)c(F)c1. The van der Waals surface area contributed by atoms with Crippen LogP contribution in [0.5, 0.6) is 0 Å². The Morgan fingerprint density at radius 2 is 1.70 bits per heavy atom. The Labute approximate surface area is 118 Å². The van der Waals surface area contributed by atoms with E-state index < -0.39 is 11.6 Å². The van der Waals surface area contributed by atoms with Gasteiger partial charge in [-0.25, -0.2) is 8.78 Å². The largest absolute Gasteiger partial charge is 0.383 e. The van der Waals surface area contributed by atoms with Gasteiger partial charge < -0.3 is 15.2 Å². The Hall–Kier alpha value is -1.08. The number of methoxy groups -OCH3 is 2. The van der Waals surface area contributed by atoms with Gasteiger partial charge in [-0.05, 0) is 17.7 Å². The second-order valence-electron chi connectivity index (χ2n) is 4.45. The summed E-state index contributed by atoms with van der Waals surface area (Å²) in [5.41, 5.74) is 6.45. The van der Waals surface area contributed by atoms with Crippen molar-refractivity contribution in [3.63, 3.8) is 0 Å². The van der Waals surface area contributed by atoms with E-state index in [-0.39, 0.29) is 6.04 Å². The summed E-state index contributed by atoms with van der Waals surface area (Å²) in [5.74, 6) is -1.72. The Morgan fingerprint density at radius 3 is 2.15 bits per heavy atom. The van der Waals surface area contributed by atoms with Gasteiger partial charge in [-0.3, -0.25) is 4.90 Å². The summed E-state index contributed by atoms with van der Waals surface area (Å²) < 4.78 is 36.5. The van der Waals surface area contributed by atoms with Gasteiger partial charge in [0.05, 0.1) is 13.2 Å². The molecule has 1 unspecified atom stereocenters. The molecule has 0 radical (unpaired) electrons. The quantitative estimate of drug-likeness (QED) is 0.749. The number of hydrogen-bond acceptors (Lipinski definition) is 4. The Morgan fingerprint density at radius 1 is 1.10 bits per heavy atom. The van der Waals surface area contributed by atoms with E-state index >= 15 is 0 Å². The predicted molar refractivity (Wildman–Crippen MR) is 73.5 cm³/mol. The second kappa shape index (κ2) is 8.97. The molecule has 0 spiro atoms. The Bertz CT molecular complexity index is 397. The fourth-order valence-electron chi connectivity index (χ4n) is 2.06. The minimum absolute atomic E-state index is 0.199. The van der Waals surface area contributed by atoms with Crippen molar-refractivity contribution in [2.75, 3.05) is 47.1 Å². The molecule has 4 nitrogen and oxygen atoms in total. The molecule has 0 saturated heterocycles. The van der Waals surface area contributed by atoms with E-state index in [1.807, 2.05) is 4.90 Å². The summed E-state index contributed by atoms with van der Waals surface area (Å²) in [6.07, 6.45) is 0. The normalized spacial score (nSPS) is 12.9. The zero-order valence-corrected chi connectivity index (χ0v) is 11.9. The first-order valence-corrected chi connectivity index (χ1v) is 6.51. The molecule has 20 heavy (non-hydrogen) atoms. The highest BCUT2D eigenvalue weighted by Gasteiger charge is 2.20. The Kier molecular flexibility index (Phi) is 7.61. The summed E-state index contributed by atoms with van der Waals surface area (Å²) in [6.45, 7) is 2.65. The van der Waals surface area contributed by atoms with Gasteiger partial charge in [0.15, 0.2) is 11.6 Å². The molecule has 0 fully saturated rings. The van der Waals surface area contributed by atoms with Crippen molar-refractivity contribution in [2.45, 2.75) is 6.04 Å². The molecule has 6 heteroatoms. The molecule has 0 heterocycles. The van der Waals surface area contributed by atoms with E-state index in [4.69, 9.17) is 15.2 Å². The third-order valence-electron chi connectivity index (χ3n) is 3.16. The minimum Gasteiger partial charge on any atom is -0.383 e. The molecule has 1 aromatic rings. The molecule has 114 valence electrons. The van der Waals surface area contributed by atoms with Crippen LogP contribution in [0.1, 0.15) is 11.6 Å². The zero-order chi connectivity index (χ0) is 15.0. The first-order chi connectivity index (χ1) is 9.63. The molecule has 1 rings (SSSR count). The van der Waals surface area contributed by atoms with Crippen LogP contribution in [0.25, 0.3) is 0 Å². The molecule has 1 atom stereocenters. The van der Waals surface area contributed by atoms with Crippen molar-refractivity contribution in [1.82, 2.24) is 4.90 Å². The molecule has 1 aromatic carbocycles. The minimum atomic E-state index is -0.862. The first kappa shape index (κ1) is 17.0. The van der Waals surface area contributed by atoms with Crippen LogP contribution in [0.3, 0.4) is 0 Å². The highest BCUT2D eigenvalue weighted by Crippen LogP contribution is 2.21. The number of ether oxygens (including phenoxy) is 2. The lowest BCUT2D eigenvalue weighted by atomic mass is 10.0. The summed E-state index contributed by atoms with van der Waals surface area (Å²) in [6, 6.07) is 3.68. The summed E-state index contributed by atoms with van der Waals surface area (Å²) in [5, 5.41) is 0. The smallest absolute Gasteiger partial charge is 0.159 e. The highest BCUT2D eigenvalue weighted by atomic mass is 19.2. The third-order valence-corrected chi connectivity index (χ3v) is 3.16. The molecule has 0 bridgehead atoms. The molecule has 0 aromatic heterocycles. The number of rotatable bonds is 9. The first-order valence-electron chi connectivity index (χ1n) is 6.51. The van der Waals surface area contributed by atoms with Crippen LogP contribution in [0.2, 0.25) is 0 Å². The van der Waals surface area contributed by atoms with Crippen LogP contribution in [-0.4, -0.2) is 52.0 Å². The summed E-state index contributed by atoms with van der Waals surface area (Å²) >= 11 is 0. The van der Waals surface area contributed by atoms with E-state index in [0.29, 0.717) is 38.4 Å². The fraction of sp³-hybridized carbons (Fsp3) is 0.571. The molecule has 0 saturated carbocycles. The third kappa shape index (κ3) is 4.79. The van der Waals surface area contributed by atoms with Gasteiger partial charge in [0.1, 0.15) is 0 Å². The average Bonchev–Trinajstić information content (AvgIpc) is 2.45. The maximum atomic E-state index is 13.4. The molecular formula is C14H22F2N2O2. The van der Waals surface area contributed by atoms with Crippen LogP contribution in [-0.2, 0) is 9.47 Å². The van der Waals surface area contributed by atoms with Crippen molar-refractivity contribution >= 4 is 0 Å². The van der Waals surface area contributed by atoms with Gasteiger partial charge in [0.25, 0.3) is 0 Å². The van der Waals surface area contributed by atoms with Gasteiger partial charge in [-0.15, -0.1) is 0 Å². The number of nitrogens with zero attached hydrogens (tertiary/aromatic N) is 1. The monoisotopic (exact) mass is 288 g/mol. The number of benzene rings is 1. The van der Waals surface area contributed by atoms with E-state index in [0.717, 1.165) is 6.07 Å². The van der Waals surface area contributed by atoms with Crippen LogP contribution >= 0.6 is 0 Å². The van der Waals surface area contributed by atoms with Crippen molar-refractivity contribution in [1.29, 1.82) is 0 Å². The molecule has 0 aliphatic rings. The van der Waals surface area contributed by atoms with E-state index in [1.54, 1.807) is 20.3 Å². The number of hydrogen-bond donors (Lipinski definition) is 1. The topological polar surface area (TPSA) is 47.7 Å². The average molecular weight is 288 g/mol. The van der Waals surface area contributed by atoms with Gasteiger partial charge in [0, 0.05) is 39.9 Å². The van der Waals surface area contributed by atoms with Crippen LogP contribution in [0.4, 0.5) is 8.78 Å². The van der Waals surface area contributed by atoms with Gasteiger partial charge >= 0.3 is 0 Å². The van der Waals surface area contributed by atoms with Crippen molar-refractivity contribution in [3.05, 3.63) is 35.4 Å². The van der Waals surface area contributed by atoms with Crippen LogP contribution in [0, 0.1) is 11.6 Å². The van der Waals surface area contributed by atoms with Crippen LogP contribution in [0.15, 0.2) is 18.2 Å². The Balaban J connectivity index is 2.88. The zero-order valence-electron chi connectivity index (χ0n) is 11.9. The standard InChI is InChI=1S/C14H22F2N2O2/c1-19-7-5-18(6-8-20-2)14(10-17)11-3-4-12(15)13(16)9-11/h3-4,9,14H,5-8,10,17H2,1-2H3. The molecule has 0 aliphatic heterocycles. The van der Waals surface area contributed by atoms with E-state index in [2.05, 4.69) is 0 Å². The van der Waals surface area contributed by atoms with Gasteiger partial charge in [-0.1, -0.05) is 6.07 Å². The van der Waals surface area contributed by atoms with Crippen molar-refractivity contribution in [3.8, 4) is 0 Å². The lowest BCUT2D eigenvalue weighted by Crippen LogP contribution is -2.38. The molecular weight excluding hydrogens is 266 g/mol. The lowest BCUT2D eigenvalue weighted by Gasteiger charge is -2.31. The summed E-state index contributed by atoms with van der Waals surface area (Å²) in [4.78, 5) is 2.04. The molecule has 0 aliphatic carbocycles. The van der Waals surface area contributed by atoms with Crippen molar-refractivity contribution in [2.24, 2.45) is 5.73 Å². The van der Waals surface area contributed by atoms with Gasteiger partial charge in [-0.2, -0.15) is 0 Å². The maximum absolute atomic E-state index is 13.4. The summed E-state index contributed by atoms with van der Waals surface area (Å²) in [7, 11) is 3.23. The maximum Gasteiger partial charge on any atom is 0.159 e.